The molecule has 0 N–H and O–H groups in total. The zero-order valence-corrected chi connectivity index (χ0v) is 10.6. The van der Waals surface area contributed by atoms with Crippen LogP contribution in [0, 0.1) is 0 Å². The molecule has 2 aliphatic rings. The topological polar surface area (TPSA) is 57.3 Å². The Morgan fingerprint density at radius 1 is 1.41 bits per heavy atom. The van der Waals surface area contributed by atoms with Crippen molar-refractivity contribution in [1.29, 1.82) is 0 Å². The van der Waals surface area contributed by atoms with E-state index in [1.165, 1.54) is 0 Å². The second-order valence-corrected chi connectivity index (χ2v) is 4.91. The van der Waals surface area contributed by atoms with Gasteiger partial charge in [0.25, 0.3) is 0 Å². The SMILES string of the molecule is CCCCOC(=O)[C@@H]1OC(C)(C)O[C@@H]1[C@H]1CO1. The molecule has 0 aliphatic carbocycles. The van der Waals surface area contributed by atoms with Crippen LogP contribution in [-0.2, 0) is 23.7 Å². The van der Waals surface area contributed by atoms with Crippen molar-refractivity contribution < 1.29 is 23.7 Å². The van der Waals surface area contributed by atoms with Crippen LogP contribution in [-0.4, -0.2) is 43.3 Å². The monoisotopic (exact) mass is 244 g/mol. The number of epoxide rings is 1. The molecular weight excluding hydrogens is 224 g/mol. The van der Waals surface area contributed by atoms with Crippen LogP contribution in [0.25, 0.3) is 0 Å². The summed E-state index contributed by atoms with van der Waals surface area (Å²) in [5, 5.41) is 0. The number of esters is 1. The average molecular weight is 244 g/mol. The normalized spacial score (nSPS) is 34.6. The molecule has 0 aromatic heterocycles. The second kappa shape index (κ2) is 4.92. The Kier molecular flexibility index (Phi) is 3.70. The summed E-state index contributed by atoms with van der Waals surface area (Å²) in [7, 11) is 0. The van der Waals surface area contributed by atoms with Crippen molar-refractivity contribution in [3.63, 3.8) is 0 Å². The molecule has 2 rings (SSSR count). The highest BCUT2D eigenvalue weighted by Gasteiger charge is 2.53. The minimum Gasteiger partial charge on any atom is -0.464 e. The van der Waals surface area contributed by atoms with Crippen molar-refractivity contribution in [1.82, 2.24) is 0 Å². The van der Waals surface area contributed by atoms with Gasteiger partial charge < -0.3 is 18.9 Å². The number of carbonyl (C=O) groups is 1. The van der Waals surface area contributed by atoms with Gasteiger partial charge in [-0.2, -0.15) is 0 Å². The van der Waals surface area contributed by atoms with Gasteiger partial charge in [0.15, 0.2) is 11.9 Å². The summed E-state index contributed by atoms with van der Waals surface area (Å²) in [6.07, 6.45) is 0.845. The molecule has 2 heterocycles. The van der Waals surface area contributed by atoms with Crippen LogP contribution >= 0.6 is 0 Å². The molecule has 17 heavy (non-hydrogen) atoms. The lowest BCUT2D eigenvalue weighted by molar-refractivity contribution is -0.170. The van der Waals surface area contributed by atoms with E-state index >= 15 is 0 Å². The third-order valence-electron chi connectivity index (χ3n) is 2.83. The highest BCUT2D eigenvalue weighted by atomic mass is 16.8. The third kappa shape index (κ3) is 3.18. The zero-order chi connectivity index (χ0) is 12.5. The van der Waals surface area contributed by atoms with Gasteiger partial charge in [0.1, 0.15) is 12.2 Å². The lowest BCUT2D eigenvalue weighted by Crippen LogP contribution is -2.36. The third-order valence-corrected chi connectivity index (χ3v) is 2.83. The van der Waals surface area contributed by atoms with Crippen molar-refractivity contribution in [3.05, 3.63) is 0 Å². The van der Waals surface area contributed by atoms with Gasteiger partial charge in [-0.25, -0.2) is 4.79 Å². The smallest absolute Gasteiger partial charge is 0.338 e. The van der Waals surface area contributed by atoms with Crippen molar-refractivity contribution >= 4 is 5.97 Å². The van der Waals surface area contributed by atoms with E-state index < -0.39 is 11.9 Å². The van der Waals surface area contributed by atoms with E-state index in [0.29, 0.717) is 13.2 Å². The summed E-state index contributed by atoms with van der Waals surface area (Å²) < 4.78 is 21.6. The second-order valence-electron chi connectivity index (χ2n) is 4.91. The predicted molar refractivity (Wildman–Crippen MR) is 59.4 cm³/mol. The summed E-state index contributed by atoms with van der Waals surface area (Å²) in [5.41, 5.74) is 0. The van der Waals surface area contributed by atoms with E-state index in [1.807, 2.05) is 6.92 Å². The molecule has 5 heteroatoms. The fraction of sp³-hybridized carbons (Fsp3) is 0.917. The quantitative estimate of drug-likeness (QED) is 0.414. The number of unbranched alkanes of at least 4 members (excludes halogenated alkanes) is 1. The van der Waals surface area contributed by atoms with Gasteiger partial charge in [-0.3, -0.25) is 0 Å². The van der Waals surface area contributed by atoms with E-state index in [9.17, 15) is 4.79 Å². The first-order valence-electron chi connectivity index (χ1n) is 6.17. The molecule has 0 bridgehead atoms. The van der Waals surface area contributed by atoms with Gasteiger partial charge >= 0.3 is 5.97 Å². The first-order valence-corrected chi connectivity index (χ1v) is 6.17. The molecule has 98 valence electrons. The molecule has 0 amide bonds. The molecule has 5 nitrogen and oxygen atoms in total. The van der Waals surface area contributed by atoms with Gasteiger partial charge in [0.05, 0.1) is 13.2 Å². The summed E-state index contributed by atoms with van der Waals surface area (Å²) in [6, 6.07) is 0. The molecule has 0 aromatic rings. The van der Waals surface area contributed by atoms with Crippen LogP contribution in [0.2, 0.25) is 0 Å². The maximum atomic E-state index is 11.9. The number of hydrogen-bond donors (Lipinski definition) is 0. The fourth-order valence-corrected chi connectivity index (χ4v) is 1.89. The van der Waals surface area contributed by atoms with E-state index in [4.69, 9.17) is 18.9 Å². The Labute approximate surface area is 101 Å². The molecule has 3 atom stereocenters. The summed E-state index contributed by atoms with van der Waals surface area (Å²) in [6.45, 7) is 6.70. The summed E-state index contributed by atoms with van der Waals surface area (Å²) >= 11 is 0. The predicted octanol–water partition coefficient (Wildman–Crippen LogP) is 1.25. The largest absolute Gasteiger partial charge is 0.464 e. The highest BCUT2D eigenvalue weighted by Crippen LogP contribution is 2.35. The highest BCUT2D eigenvalue weighted by molar-refractivity contribution is 5.76. The van der Waals surface area contributed by atoms with Crippen LogP contribution < -0.4 is 0 Å². The van der Waals surface area contributed by atoms with Crippen LogP contribution in [0.5, 0.6) is 0 Å². The van der Waals surface area contributed by atoms with E-state index in [2.05, 4.69) is 0 Å². The first kappa shape index (κ1) is 12.8. The number of hydrogen-bond acceptors (Lipinski definition) is 5. The van der Waals surface area contributed by atoms with Gasteiger partial charge in [0, 0.05) is 0 Å². The van der Waals surface area contributed by atoms with Gasteiger partial charge in [-0.15, -0.1) is 0 Å². The fourth-order valence-electron chi connectivity index (χ4n) is 1.89. The number of ether oxygens (including phenoxy) is 4. The summed E-state index contributed by atoms with van der Waals surface area (Å²) in [4.78, 5) is 11.9. The van der Waals surface area contributed by atoms with E-state index in [0.717, 1.165) is 12.8 Å². The maximum absolute atomic E-state index is 11.9. The Balaban J connectivity index is 1.90. The van der Waals surface area contributed by atoms with Crippen molar-refractivity contribution in [2.75, 3.05) is 13.2 Å². The lowest BCUT2D eigenvalue weighted by Gasteiger charge is -2.16. The molecule has 0 saturated carbocycles. The minimum absolute atomic E-state index is 0.0273. The standard InChI is InChI=1S/C12H20O5/c1-4-5-6-14-11(13)10-9(8-7-15-8)16-12(2,3)17-10/h8-10H,4-7H2,1-3H3/t8-,9-,10-/m1/s1. The Morgan fingerprint density at radius 2 is 2.12 bits per heavy atom. The molecule has 0 radical (unpaired) electrons. The van der Waals surface area contributed by atoms with Crippen LogP contribution in [0.3, 0.4) is 0 Å². The molecule has 0 aromatic carbocycles. The number of carbonyl (C=O) groups excluding carboxylic acids is 1. The Bertz CT molecular complexity index is 285. The molecule has 0 spiro atoms. The molecule has 0 unspecified atom stereocenters. The molecule has 2 aliphatic heterocycles. The van der Waals surface area contributed by atoms with E-state index in [-0.39, 0.29) is 18.2 Å². The number of rotatable bonds is 5. The Morgan fingerprint density at radius 3 is 2.71 bits per heavy atom. The van der Waals surface area contributed by atoms with Gasteiger partial charge in [-0.05, 0) is 20.3 Å². The van der Waals surface area contributed by atoms with Gasteiger partial charge in [0.2, 0.25) is 0 Å². The molecular formula is C12H20O5. The van der Waals surface area contributed by atoms with Crippen LogP contribution in [0.15, 0.2) is 0 Å². The van der Waals surface area contributed by atoms with Crippen molar-refractivity contribution in [2.45, 2.75) is 57.7 Å². The average Bonchev–Trinajstić information content (AvgIpc) is 3.03. The first-order chi connectivity index (χ1) is 8.03. The maximum Gasteiger partial charge on any atom is 0.338 e. The Hall–Kier alpha value is -0.650. The lowest BCUT2D eigenvalue weighted by atomic mass is 10.1. The molecule has 2 fully saturated rings. The summed E-state index contributed by atoms with van der Waals surface area (Å²) in [5.74, 6) is -1.09. The van der Waals surface area contributed by atoms with Crippen LogP contribution in [0.4, 0.5) is 0 Å². The van der Waals surface area contributed by atoms with Gasteiger partial charge in [-0.1, -0.05) is 13.3 Å². The van der Waals surface area contributed by atoms with Crippen LogP contribution in [0.1, 0.15) is 33.6 Å². The zero-order valence-electron chi connectivity index (χ0n) is 10.6. The van der Waals surface area contributed by atoms with Crippen molar-refractivity contribution in [3.8, 4) is 0 Å². The minimum atomic E-state index is -0.745. The molecule has 2 saturated heterocycles. The van der Waals surface area contributed by atoms with E-state index in [1.54, 1.807) is 13.8 Å². The van der Waals surface area contributed by atoms with Crippen molar-refractivity contribution in [2.24, 2.45) is 0 Å².